The first kappa shape index (κ1) is 14.3. The molecular weight excluding hydrogens is 262 g/mol. The molecule has 108 valence electrons. The van der Waals surface area contributed by atoms with Gasteiger partial charge in [-0.15, -0.1) is 0 Å². The molecule has 1 aromatic rings. The van der Waals surface area contributed by atoms with Crippen LogP contribution in [0.3, 0.4) is 0 Å². The summed E-state index contributed by atoms with van der Waals surface area (Å²) in [5.74, 6) is -0.215. The number of nitro benzene ring substituents is 1. The minimum Gasteiger partial charge on any atom is -0.393 e. The van der Waals surface area contributed by atoms with Crippen molar-refractivity contribution in [2.75, 3.05) is 26.0 Å². The minimum absolute atomic E-state index is 0.0569. The zero-order valence-corrected chi connectivity index (χ0v) is 11.2. The van der Waals surface area contributed by atoms with E-state index in [1.807, 2.05) is 0 Å². The smallest absolute Gasteiger partial charge is 0.292 e. The maximum atomic E-state index is 12.4. The van der Waals surface area contributed by atoms with Gasteiger partial charge >= 0.3 is 0 Å². The molecule has 0 aromatic heterocycles. The molecule has 7 nitrogen and oxygen atoms in total. The lowest BCUT2D eigenvalue weighted by atomic mass is 10.1. The number of nitrogen functional groups attached to an aromatic ring is 1. The van der Waals surface area contributed by atoms with Gasteiger partial charge in [-0.3, -0.25) is 14.9 Å². The van der Waals surface area contributed by atoms with E-state index in [1.165, 1.54) is 18.2 Å². The van der Waals surface area contributed by atoms with Crippen LogP contribution in [0.4, 0.5) is 11.4 Å². The molecule has 0 radical (unpaired) electrons. The summed E-state index contributed by atoms with van der Waals surface area (Å²) in [5.41, 5.74) is 5.64. The van der Waals surface area contributed by atoms with Gasteiger partial charge in [-0.05, 0) is 25.0 Å². The van der Waals surface area contributed by atoms with Gasteiger partial charge in [-0.25, -0.2) is 0 Å². The zero-order valence-electron chi connectivity index (χ0n) is 11.2. The molecule has 1 aliphatic carbocycles. The Hall–Kier alpha value is -2.15. The van der Waals surface area contributed by atoms with E-state index in [4.69, 9.17) is 10.5 Å². The normalized spacial score (nSPS) is 14.1. The van der Waals surface area contributed by atoms with Crippen molar-refractivity contribution in [3.63, 3.8) is 0 Å². The molecule has 20 heavy (non-hydrogen) atoms. The van der Waals surface area contributed by atoms with Crippen LogP contribution >= 0.6 is 0 Å². The van der Waals surface area contributed by atoms with Crippen molar-refractivity contribution in [3.8, 4) is 0 Å². The van der Waals surface area contributed by atoms with Gasteiger partial charge in [-0.1, -0.05) is 0 Å². The molecule has 1 amide bonds. The number of ether oxygens (including phenoxy) is 1. The van der Waals surface area contributed by atoms with Gasteiger partial charge in [0.05, 0.1) is 11.5 Å². The summed E-state index contributed by atoms with van der Waals surface area (Å²) in [6, 6.07) is 4.37. The third-order valence-corrected chi connectivity index (χ3v) is 3.26. The predicted molar refractivity (Wildman–Crippen MR) is 73.4 cm³/mol. The highest BCUT2D eigenvalue weighted by molar-refractivity contribution is 5.96. The Morgan fingerprint density at radius 1 is 1.55 bits per heavy atom. The topological polar surface area (TPSA) is 98.7 Å². The summed E-state index contributed by atoms with van der Waals surface area (Å²) >= 11 is 0. The first-order chi connectivity index (χ1) is 9.54. The second-order valence-electron chi connectivity index (χ2n) is 4.75. The Labute approximate surface area is 116 Å². The molecule has 0 unspecified atom stereocenters. The van der Waals surface area contributed by atoms with Crippen molar-refractivity contribution < 1.29 is 14.5 Å². The number of carbonyl (C=O) groups is 1. The Morgan fingerprint density at radius 3 is 2.80 bits per heavy atom. The van der Waals surface area contributed by atoms with Crippen LogP contribution in [-0.2, 0) is 4.74 Å². The number of rotatable bonds is 6. The minimum atomic E-state index is -0.581. The third-order valence-electron chi connectivity index (χ3n) is 3.26. The van der Waals surface area contributed by atoms with Crippen molar-refractivity contribution in [2.45, 2.75) is 18.9 Å². The molecule has 7 heteroatoms. The fraction of sp³-hybridized carbons (Fsp3) is 0.462. The van der Waals surface area contributed by atoms with Crippen LogP contribution in [0.5, 0.6) is 0 Å². The fourth-order valence-electron chi connectivity index (χ4n) is 2.03. The molecule has 2 rings (SSSR count). The number of methoxy groups -OCH3 is 1. The number of nitrogens with zero attached hydrogens (tertiary/aromatic N) is 2. The predicted octanol–water partition coefficient (Wildman–Crippen LogP) is 1.43. The van der Waals surface area contributed by atoms with E-state index >= 15 is 0 Å². The van der Waals surface area contributed by atoms with E-state index < -0.39 is 4.92 Å². The lowest BCUT2D eigenvalue weighted by Crippen LogP contribution is -2.35. The van der Waals surface area contributed by atoms with Gasteiger partial charge in [-0.2, -0.15) is 0 Å². The maximum Gasteiger partial charge on any atom is 0.292 e. The van der Waals surface area contributed by atoms with E-state index in [9.17, 15) is 14.9 Å². The van der Waals surface area contributed by atoms with Gasteiger partial charge in [0.2, 0.25) is 0 Å². The molecule has 0 aliphatic heterocycles. The molecule has 0 saturated heterocycles. The molecular formula is C13H17N3O4. The second-order valence-corrected chi connectivity index (χ2v) is 4.75. The number of nitrogens with two attached hydrogens (primary N) is 1. The zero-order chi connectivity index (χ0) is 14.7. The number of hydrogen-bond acceptors (Lipinski definition) is 5. The first-order valence-corrected chi connectivity index (χ1v) is 6.38. The molecule has 1 aliphatic rings. The molecule has 0 bridgehead atoms. The van der Waals surface area contributed by atoms with Crippen molar-refractivity contribution >= 4 is 17.3 Å². The van der Waals surface area contributed by atoms with Crippen LogP contribution in [0.15, 0.2) is 18.2 Å². The van der Waals surface area contributed by atoms with Crippen molar-refractivity contribution in [1.29, 1.82) is 0 Å². The fourth-order valence-corrected chi connectivity index (χ4v) is 2.03. The van der Waals surface area contributed by atoms with Crippen LogP contribution in [0.2, 0.25) is 0 Å². The van der Waals surface area contributed by atoms with Gasteiger partial charge in [0.15, 0.2) is 0 Å². The molecule has 2 N–H and O–H groups in total. The van der Waals surface area contributed by atoms with E-state index in [2.05, 4.69) is 0 Å². The van der Waals surface area contributed by atoms with Crippen molar-refractivity contribution in [2.24, 2.45) is 0 Å². The highest BCUT2D eigenvalue weighted by atomic mass is 16.6. The van der Waals surface area contributed by atoms with Crippen LogP contribution in [0.25, 0.3) is 0 Å². The van der Waals surface area contributed by atoms with Crippen LogP contribution in [0.1, 0.15) is 23.2 Å². The van der Waals surface area contributed by atoms with E-state index in [1.54, 1.807) is 12.0 Å². The van der Waals surface area contributed by atoms with Gasteiger partial charge in [0.1, 0.15) is 5.69 Å². The Bertz CT molecular complexity index is 528. The molecule has 1 fully saturated rings. The van der Waals surface area contributed by atoms with Gasteiger partial charge in [0, 0.05) is 31.3 Å². The number of carbonyl (C=O) groups excluding carboxylic acids is 1. The summed E-state index contributed by atoms with van der Waals surface area (Å²) in [6.45, 7) is 0.928. The average molecular weight is 279 g/mol. The lowest BCUT2D eigenvalue weighted by molar-refractivity contribution is -0.383. The van der Waals surface area contributed by atoms with Gasteiger partial charge < -0.3 is 15.4 Å². The summed E-state index contributed by atoms with van der Waals surface area (Å²) in [6.07, 6.45) is 1.93. The summed E-state index contributed by atoms with van der Waals surface area (Å²) < 4.78 is 5.00. The first-order valence-electron chi connectivity index (χ1n) is 6.38. The molecule has 0 heterocycles. The highest BCUT2D eigenvalue weighted by Crippen LogP contribution is 2.29. The van der Waals surface area contributed by atoms with Crippen LogP contribution < -0.4 is 5.73 Å². The van der Waals surface area contributed by atoms with E-state index in [-0.39, 0.29) is 28.9 Å². The van der Waals surface area contributed by atoms with E-state index in [0.717, 1.165) is 12.8 Å². The third kappa shape index (κ3) is 3.05. The summed E-state index contributed by atoms with van der Waals surface area (Å²) in [4.78, 5) is 24.4. The monoisotopic (exact) mass is 279 g/mol. The highest BCUT2D eigenvalue weighted by Gasteiger charge is 2.33. The molecule has 1 aromatic carbocycles. The molecule has 0 atom stereocenters. The number of hydrogen-bond donors (Lipinski definition) is 1. The Balaban J connectivity index is 2.22. The molecule has 1 saturated carbocycles. The van der Waals surface area contributed by atoms with Gasteiger partial charge in [0.25, 0.3) is 11.6 Å². The number of nitro groups is 1. The summed E-state index contributed by atoms with van der Waals surface area (Å²) in [5, 5.41) is 10.9. The number of benzene rings is 1. The SMILES string of the molecule is COCCN(C(=O)c1ccc(N)c([N+](=O)[O-])c1)C1CC1. The standard InChI is InChI=1S/C13H17N3O4/c1-20-7-6-15(10-3-4-10)13(17)9-2-5-11(14)12(8-9)16(18)19/h2,5,8,10H,3-4,6-7,14H2,1H3. The maximum absolute atomic E-state index is 12.4. The number of anilines is 1. The van der Waals surface area contributed by atoms with Crippen molar-refractivity contribution in [3.05, 3.63) is 33.9 Å². The Kier molecular flexibility index (Phi) is 4.19. The van der Waals surface area contributed by atoms with Crippen LogP contribution in [0, 0.1) is 10.1 Å². The van der Waals surface area contributed by atoms with Crippen LogP contribution in [-0.4, -0.2) is 42.0 Å². The number of amides is 1. The molecule has 0 spiro atoms. The largest absolute Gasteiger partial charge is 0.393 e. The Morgan fingerprint density at radius 2 is 2.25 bits per heavy atom. The quantitative estimate of drug-likeness (QED) is 0.482. The van der Waals surface area contributed by atoms with Crippen molar-refractivity contribution in [1.82, 2.24) is 4.90 Å². The summed E-state index contributed by atoms with van der Waals surface area (Å²) in [7, 11) is 1.57. The average Bonchev–Trinajstić information content (AvgIpc) is 3.23. The second kappa shape index (κ2) is 5.87. The lowest BCUT2D eigenvalue weighted by Gasteiger charge is -2.22. The van der Waals surface area contributed by atoms with E-state index in [0.29, 0.717) is 13.2 Å².